The second kappa shape index (κ2) is 83.3. The topological polar surface area (TPSA) is 246 Å². The van der Waals surface area contributed by atoms with E-state index in [0.717, 1.165) is 221 Å². The Labute approximate surface area is 861 Å². The summed E-state index contributed by atoms with van der Waals surface area (Å²) in [6.45, 7) is 80.6. The molecule has 0 spiro atoms. The van der Waals surface area contributed by atoms with Gasteiger partial charge in [-0.2, -0.15) is 0 Å². The second-order valence-corrected chi connectivity index (χ2v) is 47.8. The van der Waals surface area contributed by atoms with Crippen molar-refractivity contribution in [3.8, 4) is 0 Å². The van der Waals surface area contributed by atoms with E-state index >= 15 is 0 Å². The molecule has 8 aromatic heterocycles. The van der Waals surface area contributed by atoms with Gasteiger partial charge in [0, 0.05) is 89.5 Å². The molecule has 8 aromatic rings. The third-order valence-corrected chi connectivity index (χ3v) is 24.8. The summed E-state index contributed by atoms with van der Waals surface area (Å²) >= 11 is 0. The van der Waals surface area contributed by atoms with Crippen LogP contribution in [-0.2, 0) is 104 Å². The Morgan fingerprint density at radius 1 is 0.171 bits per heavy atom. The van der Waals surface area contributed by atoms with Crippen LogP contribution in [0.3, 0.4) is 0 Å². The van der Waals surface area contributed by atoms with Crippen molar-refractivity contribution in [3.05, 3.63) is 95.1 Å². The van der Waals surface area contributed by atoms with Crippen molar-refractivity contribution in [1.29, 1.82) is 0 Å². The van der Waals surface area contributed by atoms with Gasteiger partial charge in [0.05, 0.1) is 57.9 Å². The first-order valence-electron chi connectivity index (χ1n) is 57.7. The van der Waals surface area contributed by atoms with Crippen LogP contribution in [0.4, 0.5) is 0 Å². The van der Waals surface area contributed by atoms with Crippen molar-refractivity contribution in [3.63, 3.8) is 0 Å². The molecule has 0 aromatic carbocycles. The Hall–Kier alpha value is -6.88. The smallest absolute Gasteiger partial charge is 0.0829 e. The molecule has 0 aliphatic carbocycles. The molecule has 808 valence electrons. The first-order valence-corrected chi connectivity index (χ1v) is 57.7. The summed E-state index contributed by atoms with van der Waals surface area (Å²) in [6.07, 6.45) is 71.1. The monoisotopic (exact) mass is 1950 g/mol. The van der Waals surface area contributed by atoms with Crippen LogP contribution in [0.5, 0.6) is 0 Å². The van der Waals surface area contributed by atoms with Crippen molar-refractivity contribution in [2.75, 3.05) is 0 Å². The second-order valence-electron chi connectivity index (χ2n) is 47.8. The third kappa shape index (κ3) is 79.5. The molecule has 0 N–H and O–H groups in total. The molecule has 8 rings (SSSR count). The Bertz CT molecular complexity index is 3620. The minimum atomic E-state index is 0.635. The number of unbranched alkanes of at least 4 members (excludes halogenated alkanes) is 10. The van der Waals surface area contributed by atoms with Gasteiger partial charge in [0.15, 0.2) is 0 Å². The molecule has 0 amide bonds. The van der Waals surface area contributed by atoms with E-state index in [0.29, 0.717) is 11.8 Å². The molecule has 24 heteroatoms. The van der Waals surface area contributed by atoms with Crippen molar-refractivity contribution in [2.24, 2.45) is 94.7 Å². The normalized spacial score (nSPS) is 11.7. The lowest BCUT2D eigenvalue weighted by Crippen LogP contribution is -2.06. The summed E-state index contributed by atoms with van der Waals surface area (Å²) in [6, 6.07) is 0. The SMILES string of the molecule is CC(C)CCCCCc1cn(CC(C)C)nn1.CC(C)CCCCCn1cc(CC(C)C)nn1.CC(C)CCCCc1cn(CCC(C)C)nn1.CC(C)CCCCc1cnnn1CCCCC(C)C.CC(C)CCCCc1cnnn1CCCCC(C)C.CC(C)CCCCn1cc(CCC(C)C)nn1.CC(C)CCCc1cn(CCCC(C)C)nn1.CC(C)CCCc1cn(CCCC(C)C)nn1. The summed E-state index contributed by atoms with van der Waals surface area (Å²) in [7, 11) is 0. The van der Waals surface area contributed by atoms with Gasteiger partial charge < -0.3 is 0 Å². The molecule has 0 saturated carbocycles. The molecule has 0 bridgehead atoms. The van der Waals surface area contributed by atoms with Crippen molar-refractivity contribution in [2.45, 2.75) is 556 Å². The molecule has 0 radical (unpaired) electrons. The van der Waals surface area contributed by atoms with E-state index in [4.69, 9.17) is 0 Å². The Balaban J connectivity index is 0.000000800. The lowest BCUT2D eigenvalue weighted by Gasteiger charge is -2.08. The highest BCUT2D eigenvalue weighted by atomic mass is 15.5. The van der Waals surface area contributed by atoms with Crippen LogP contribution < -0.4 is 0 Å². The molecule has 0 atom stereocenters. The number of nitrogens with zero attached hydrogens (tertiary/aromatic N) is 24. The van der Waals surface area contributed by atoms with E-state index in [1.54, 1.807) is 0 Å². The fourth-order valence-electron chi connectivity index (χ4n) is 16.0. The number of rotatable bonds is 68. The van der Waals surface area contributed by atoms with E-state index in [-0.39, 0.29) is 0 Å². The van der Waals surface area contributed by atoms with Crippen LogP contribution >= 0.6 is 0 Å². The van der Waals surface area contributed by atoms with Gasteiger partial charge in [0.2, 0.25) is 0 Å². The summed E-state index contributed by atoms with van der Waals surface area (Å²) < 4.78 is 16.1. The zero-order valence-corrected chi connectivity index (χ0v) is 97.4. The van der Waals surface area contributed by atoms with Crippen molar-refractivity contribution < 1.29 is 0 Å². The quantitative estimate of drug-likeness (QED) is 0.0322. The van der Waals surface area contributed by atoms with Crippen molar-refractivity contribution >= 4 is 0 Å². The minimum absolute atomic E-state index is 0.635. The van der Waals surface area contributed by atoms with Crippen LogP contribution in [0.15, 0.2) is 49.6 Å². The highest BCUT2D eigenvalue weighted by molar-refractivity contribution is 4.99. The lowest BCUT2D eigenvalue weighted by atomic mass is 10.0. The summed E-state index contributed by atoms with van der Waals surface area (Å²) in [5.74, 6) is 12.5. The molecule has 0 fully saturated rings. The number of hydrogen-bond donors (Lipinski definition) is 0. The Kier molecular flexibility index (Phi) is 78.0. The zero-order valence-electron chi connectivity index (χ0n) is 97.4. The molecule has 24 nitrogen and oxygen atoms in total. The third-order valence-electron chi connectivity index (χ3n) is 24.8. The molecular weight excluding hydrogens is 1730 g/mol. The summed E-state index contributed by atoms with van der Waals surface area (Å²) in [4.78, 5) is 0. The fraction of sp³-hybridized carbons (Fsp3) is 0.862. The van der Waals surface area contributed by atoms with Crippen LogP contribution in [0.1, 0.15) is 498 Å². The lowest BCUT2D eigenvalue weighted by molar-refractivity contribution is 0.471. The van der Waals surface area contributed by atoms with Gasteiger partial charge in [0.25, 0.3) is 0 Å². The van der Waals surface area contributed by atoms with E-state index in [2.05, 4.69) is 351 Å². The number of hydrogen-bond acceptors (Lipinski definition) is 16. The molecule has 0 aliphatic heterocycles. The fourth-order valence-corrected chi connectivity index (χ4v) is 16.0. The molecule has 0 saturated heterocycles. The average molecular weight is 1960 g/mol. The van der Waals surface area contributed by atoms with Crippen molar-refractivity contribution in [1.82, 2.24) is 120 Å². The van der Waals surface area contributed by atoms with Crippen LogP contribution in [0.25, 0.3) is 0 Å². The number of aromatic nitrogens is 24. The van der Waals surface area contributed by atoms with E-state index in [1.807, 2.05) is 40.5 Å². The van der Waals surface area contributed by atoms with Gasteiger partial charge in [-0.05, 0) is 249 Å². The average Bonchev–Trinajstić information content (AvgIpc) is 1.77. The first-order chi connectivity index (χ1) is 66.6. The standard InChI is InChI=1S/2C16H31N3.6C14H27N3/c2*1-14(2)9-5-6-11-16-13-17-18-19(16)12-8-7-10-15(3)4;2*1-12(2)7-5-9-14-11-17(16-15-14)10-6-8-13(3)4;1-12(2)7-5-6-10-17-11-14(15-16-17)9-8-13(3)4;1-12(2)7-5-6-8-14-11-17(16-15-14)10-9-13(3)4;1-12(2)8-6-5-7-9-17-11-14(15-16-17)10-13(3)4;1-12(2)8-6-5-7-9-14-11-17(16-15-14)10-13(3)4/h2*13-15H,5-12H2,1-4H3;6*11-13H,5-10H2,1-4H3. The maximum atomic E-state index is 4.22. The van der Waals surface area contributed by atoms with Gasteiger partial charge >= 0.3 is 0 Å². The van der Waals surface area contributed by atoms with Gasteiger partial charge in [-0.1, -0.05) is 392 Å². The van der Waals surface area contributed by atoms with E-state index in [1.165, 1.54) is 243 Å². The predicted octanol–water partition coefficient (Wildman–Crippen LogP) is 31.1. The van der Waals surface area contributed by atoms with Crippen LogP contribution in [0, 0.1) is 94.7 Å². The molecular formula is C116H224N24. The highest BCUT2D eigenvalue weighted by Gasteiger charge is 2.14. The zero-order chi connectivity index (χ0) is 104. The summed E-state index contributed by atoms with van der Waals surface area (Å²) in [5, 5.41) is 66.9. The van der Waals surface area contributed by atoms with Gasteiger partial charge in [0.1, 0.15) is 0 Å². The minimum Gasteiger partial charge on any atom is -0.252 e. The van der Waals surface area contributed by atoms with Crippen LogP contribution in [0.2, 0.25) is 0 Å². The van der Waals surface area contributed by atoms with E-state index in [9.17, 15) is 0 Å². The molecule has 0 unspecified atom stereocenters. The maximum absolute atomic E-state index is 4.22. The van der Waals surface area contributed by atoms with E-state index < -0.39 is 0 Å². The molecule has 140 heavy (non-hydrogen) atoms. The highest BCUT2D eigenvalue weighted by Crippen LogP contribution is 2.21. The maximum Gasteiger partial charge on any atom is 0.0829 e. The predicted molar refractivity (Wildman–Crippen MR) is 593 cm³/mol. The van der Waals surface area contributed by atoms with Gasteiger partial charge in [-0.25, -0.2) is 9.36 Å². The van der Waals surface area contributed by atoms with Gasteiger partial charge in [-0.15, -0.1) is 40.8 Å². The number of aryl methyl sites for hydroxylation is 14. The molecule has 0 aliphatic rings. The molecule has 8 heterocycles. The Morgan fingerprint density at radius 2 is 0.400 bits per heavy atom. The van der Waals surface area contributed by atoms with Crippen LogP contribution in [-0.4, -0.2) is 120 Å². The largest absolute Gasteiger partial charge is 0.252 e. The first kappa shape index (κ1) is 131. The Morgan fingerprint density at radius 3 is 0.729 bits per heavy atom. The van der Waals surface area contributed by atoms with Gasteiger partial charge in [-0.3, -0.25) is 28.1 Å². The summed E-state index contributed by atoms with van der Waals surface area (Å²) in [5.41, 5.74) is 9.49.